The molecule has 134 valence electrons. The van der Waals surface area contributed by atoms with Crippen LogP contribution in [0.4, 0.5) is 0 Å². The zero-order valence-corrected chi connectivity index (χ0v) is 15.4. The van der Waals surface area contributed by atoms with Crippen molar-refractivity contribution in [3.63, 3.8) is 0 Å². The summed E-state index contributed by atoms with van der Waals surface area (Å²) in [6, 6.07) is 0.617. The fourth-order valence-corrected chi connectivity index (χ4v) is 5.37. The van der Waals surface area contributed by atoms with Crippen LogP contribution in [0.1, 0.15) is 38.5 Å². The summed E-state index contributed by atoms with van der Waals surface area (Å²) in [5.41, 5.74) is 0. The number of rotatable bonds is 3. The Bertz CT molecular complexity index is 485. The van der Waals surface area contributed by atoms with Gasteiger partial charge in [-0.05, 0) is 56.2 Å². The minimum Gasteiger partial charge on any atom is -0.360 e. The predicted molar refractivity (Wildman–Crippen MR) is 98.8 cm³/mol. The molecule has 0 aromatic heterocycles. The number of carbonyl (C=O) groups is 1. The Morgan fingerprint density at radius 1 is 0.958 bits per heavy atom. The average Bonchev–Trinajstić information content (AvgIpc) is 3.33. The van der Waals surface area contributed by atoms with Crippen molar-refractivity contribution in [1.82, 2.24) is 20.0 Å². The first-order valence-corrected chi connectivity index (χ1v) is 10.2. The van der Waals surface area contributed by atoms with Gasteiger partial charge < -0.3 is 15.1 Å². The second-order valence-electron chi connectivity index (χ2n) is 8.08. The van der Waals surface area contributed by atoms with Gasteiger partial charge >= 0.3 is 0 Å². The second-order valence-corrected chi connectivity index (χ2v) is 8.47. The highest BCUT2D eigenvalue weighted by molar-refractivity contribution is 7.80. The van der Waals surface area contributed by atoms with Crippen molar-refractivity contribution in [1.29, 1.82) is 0 Å². The van der Waals surface area contributed by atoms with E-state index in [1.807, 2.05) is 4.90 Å². The first-order valence-electron chi connectivity index (χ1n) is 9.74. The van der Waals surface area contributed by atoms with Crippen molar-refractivity contribution < 1.29 is 4.79 Å². The Hall–Kier alpha value is -0.880. The number of hydrogen-bond donors (Lipinski definition) is 1. The number of fused-ring (bicyclic) bond motifs is 2. The summed E-state index contributed by atoms with van der Waals surface area (Å²) in [4.78, 5) is 18.9. The molecule has 2 saturated carbocycles. The van der Waals surface area contributed by atoms with E-state index in [-0.39, 0.29) is 0 Å². The molecule has 2 saturated heterocycles. The third kappa shape index (κ3) is 3.54. The number of nitrogens with one attached hydrogen (secondary N) is 1. The zero-order chi connectivity index (χ0) is 16.5. The van der Waals surface area contributed by atoms with E-state index < -0.39 is 0 Å². The van der Waals surface area contributed by atoms with E-state index >= 15 is 0 Å². The van der Waals surface area contributed by atoms with E-state index in [1.54, 1.807) is 0 Å². The molecular formula is C18H30N4OS. The molecule has 3 atom stereocenters. The maximum atomic E-state index is 12.3. The highest BCUT2D eigenvalue weighted by atomic mass is 32.1. The first kappa shape index (κ1) is 16.6. The summed E-state index contributed by atoms with van der Waals surface area (Å²) in [6.45, 7) is 6.27. The van der Waals surface area contributed by atoms with E-state index in [0.717, 1.165) is 56.2 Å². The normalized spacial score (nSPS) is 33.2. The Morgan fingerprint density at radius 3 is 2.33 bits per heavy atom. The predicted octanol–water partition coefficient (Wildman–Crippen LogP) is 1.29. The van der Waals surface area contributed by atoms with Gasteiger partial charge in [-0.3, -0.25) is 9.69 Å². The minimum absolute atomic E-state index is 0.309. The van der Waals surface area contributed by atoms with Gasteiger partial charge in [0, 0.05) is 45.3 Å². The monoisotopic (exact) mass is 350 g/mol. The molecule has 0 radical (unpaired) electrons. The summed E-state index contributed by atoms with van der Waals surface area (Å²) in [5, 5.41) is 4.59. The van der Waals surface area contributed by atoms with Crippen LogP contribution >= 0.6 is 12.2 Å². The molecule has 2 bridgehead atoms. The number of carbonyl (C=O) groups excluding carboxylic acids is 1. The Balaban J connectivity index is 1.19. The van der Waals surface area contributed by atoms with Gasteiger partial charge in [0.2, 0.25) is 5.91 Å². The van der Waals surface area contributed by atoms with Crippen LogP contribution in [0.2, 0.25) is 0 Å². The molecular weight excluding hydrogens is 320 g/mol. The fourth-order valence-electron chi connectivity index (χ4n) is 5.04. The lowest BCUT2D eigenvalue weighted by Crippen LogP contribution is -2.55. The molecule has 24 heavy (non-hydrogen) atoms. The lowest BCUT2D eigenvalue weighted by atomic mass is 9.95. The lowest BCUT2D eigenvalue weighted by molar-refractivity contribution is -0.131. The summed E-state index contributed by atoms with van der Waals surface area (Å²) >= 11 is 5.66. The standard InChI is InChI=1S/C18H30N4OS/c23-17(21-5-1-2-6-21)13-20-7-9-22(10-8-20)18(24)19-16-12-14-3-4-15(16)11-14/h14-16H,1-13H2,(H,19,24). The van der Waals surface area contributed by atoms with Crippen LogP contribution in [0.3, 0.4) is 0 Å². The average molecular weight is 351 g/mol. The highest BCUT2D eigenvalue weighted by Crippen LogP contribution is 2.44. The van der Waals surface area contributed by atoms with Crippen molar-refractivity contribution >= 4 is 23.2 Å². The van der Waals surface area contributed by atoms with E-state index in [2.05, 4.69) is 15.1 Å². The van der Waals surface area contributed by atoms with Crippen molar-refractivity contribution in [3.8, 4) is 0 Å². The maximum Gasteiger partial charge on any atom is 0.236 e. The molecule has 6 heteroatoms. The van der Waals surface area contributed by atoms with E-state index in [4.69, 9.17) is 12.2 Å². The zero-order valence-electron chi connectivity index (χ0n) is 14.6. The number of likely N-dealkylation sites (tertiary alicyclic amines) is 1. The largest absolute Gasteiger partial charge is 0.360 e. The molecule has 4 aliphatic rings. The SMILES string of the molecule is O=C(CN1CCN(C(=S)NC2CC3CCC2C3)CC1)N1CCCC1. The highest BCUT2D eigenvalue weighted by Gasteiger charge is 2.40. The van der Waals surface area contributed by atoms with Crippen LogP contribution < -0.4 is 5.32 Å². The molecule has 1 amide bonds. The Kier molecular flexibility index (Phi) is 4.95. The van der Waals surface area contributed by atoms with Crippen molar-refractivity contribution in [3.05, 3.63) is 0 Å². The van der Waals surface area contributed by atoms with E-state index in [9.17, 15) is 4.79 Å². The van der Waals surface area contributed by atoms with Gasteiger partial charge in [-0.15, -0.1) is 0 Å². The lowest BCUT2D eigenvalue weighted by Gasteiger charge is -2.37. The van der Waals surface area contributed by atoms with Crippen molar-refractivity contribution in [2.24, 2.45) is 11.8 Å². The molecule has 2 aliphatic heterocycles. The van der Waals surface area contributed by atoms with Crippen LogP contribution in [-0.2, 0) is 4.79 Å². The Labute approximate surface area is 150 Å². The molecule has 0 spiro atoms. The van der Waals surface area contributed by atoms with Crippen molar-refractivity contribution in [2.45, 2.75) is 44.6 Å². The third-order valence-corrected chi connectivity index (χ3v) is 6.90. The van der Waals surface area contributed by atoms with Gasteiger partial charge in [-0.2, -0.15) is 0 Å². The molecule has 2 aliphatic carbocycles. The van der Waals surface area contributed by atoms with Gasteiger partial charge in [0.25, 0.3) is 0 Å². The van der Waals surface area contributed by atoms with E-state index in [0.29, 0.717) is 18.5 Å². The molecule has 4 rings (SSSR count). The minimum atomic E-state index is 0.309. The van der Waals surface area contributed by atoms with Gasteiger partial charge in [-0.25, -0.2) is 0 Å². The van der Waals surface area contributed by atoms with Crippen LogP contribution in [0.5, 0.6) is 0 Å². The quantitative estimate of drug-likeness (QED) is 0.777. The number of nitrogens with zero attached hydrogens (tertiary/aromatic N) is 3. The first-order chi connectivity index (χ1) is 11.7. The maximum absolute atomic E-state index is 12.3. The summed E-state index contributed by atoms with van der Waals surface area (Å²) < 4.78 is 0. The number of amides is 1. The number of piperazine rings is 1. The number of hydrogen-bond acceptors (Lipinski definition) is 3. The molecule has 0 aromatic rings. The van der Waals surface area contributed by atoms with Gasteiger partial charge in [0.05, 0.1) is 6.54 Å². The smallest absolute Gasteiger partial charge is 0.236 e. The molecule has 4 fully saturated rings. The molecule has 1 N–H and O–H groups in total. The van der Waals surface area contributed by atoms with Gasteiger partial charge in [0.1, 0.15) is 0 Å². The van der Waals surface area contributed by atoms with Crippen LogP contribution in [0.15, 0.2) is 0 Å². The topological polar surface area (TPSA) is 38.8 Å². The Morgan fingerprint density at radius 2 is 1.71 bits per heavy atom. The van der Waals surface area contributed by atoms with Crippen LogP contribution in [0.25, 0.3) is 0 Å². The van der Waals surface area contributed by atoms with Crippen LogP contribution in [-0.4, -0.2) is 77.6 Å². The van der Waals surface area contributed by atoms with Gasteiger partial charge in [-0.1, -0.05) is 6.42 Å². The molecule has 3 unspecified atom stereocenters. The number of thiocarbonyl (C=S) groups is 1. The van der Waals surface area contributed by atoms with E-state index in [1.165, 1.54) is 38.5 Å². The van der Waals surface area contributed by atoms with Crippen molar-refractivity contribution in [2.75, 3.05) is 45.8 Å². The summed E-state index contributed by atoms with van der Waals surface area (Å²) in [5.74, 6) is 2.11. The van der Waals surface area contributed by atoms with Crippen LogP contribution in [0, 0.1) is 11.8 Å². The third-order valence-electron chi connectivity index (χ3n) is 6.52. The summed E-state index contributed by atoms with van der Waals surface area (Å²) in [6.07, 6.45) is 7.88. The second kappa shape index (κ2) is 7.16. The summed E-state index contributed by atoms with van der Waals surface area (Å²) in [7, 11) is 0. The molecule has 5 nitrogen and oxygen atoms in total. The molecule has 2 heterocycles. The van der Waals surface area contributed by atoms with Gasteiger partial charge in [0.15, 0.2) is 5.11 Å². The molecule has 0 aromatic carbocycles. The fraction of sp³-hybridized carbons (Fsp3) is 0.889.